The third-order valence-electron chi connectivity index (χ3n) is 4.29. The normalized spacial score (nSPS) is 16.8. The van der Waals surface area contributed by atoms with Crippen LogP contribution in [0.4, 0.5) is 5.95 Å². The molecule has 1 atom stereocenters. The van der Waals surface area contributed by atoms with Crippen LogP contribution in [0.5, 0.6) is 0 Å². The molecular formula is C17H17N5O3S. The van der Waals surface area contributed by atoms with E-state index in [1.54, 1.807) is 19.2 Å². The van der Waals surface area contributed by atoms with Crippen LogP contribution < -0.4 is 5.32 Å². The number of rotatable bonds is 4. The Bertz CT molecular complexity index is 930. The molecule has 0 radical (unpaired) electrons. The van der Waals surface area contributed by atoms with Crippen LogP contribution in [0.3, 0.4) is 0 Å². The van der Waals surface area contributed by atoms with Gasteiger partial charge in [0.15, 0.2) is 0 Å². The number of aromatic nitrogens is 3. The molecule has 4 rings (SSSR count). The number of carbonyl (C=O) groups excluding carboxylic acids is 2. The molecule has 3 aromatic rings. The molecule has 0 aliphatic carbocycles. The Kier molecular flexibility index (Phi) is 4.29. The van der Waals surface area contributed by atoms with Gasteiger partial charge >= 0.3 is 0 Å². The highest BCUT2D eigenvalue weighted by Gasteiger charge is 2.32. The highest BCUT2D eigenvalue weighted by atomic mass is 32.1. The first-order valence-corrected chi connectivity index (χ1v) is 9.03. The number of nitrogens with one attached hydrogen (secondary N) is 1. The standard InChI is InChI=1S/C17H17N5O3S/c1-21-10-18-17(20-21)19-15(23)14-5-4-13(26-14)12-3-2-7-22(12)16(24)11-6-8-25-9-11/h4-6,8-10,12H,2-3,7H2,1H3,(H,19,20,23)/t12-/m1/s1. The van der Waals surface area contributed by atoms with E-state index >= 15 is 0 Å². The molecular weight excluding hydrogens is 354 g/mol. The van der Waals surface area contributed by atoms with E-state index in [0.717, 1.165) is 17.7 Å². The van der Waals surface area contributed by atoms with E-state index in [-0.39, 0.29) is 23.8 Å². The Morgan fingerprint density at radius 3 is 2.96 bits per heavy atom. The quantitative estimate of drug-likeness (QED) is 0.761. The van der Waals surface area contributed by atoms with E-state index in [1.165, 1.54) is 34.9 Å². The lowest BCUT2D eigenvalue weighted by molar-refractivity contribution is 0.0737. The molecule has 0 bridgehead atoms. The van der Waals surface area contributed by atoms with Gasteiger partial charge in [-0.15, -0.1) is 16.4 Å². The Morgan fingerprint density at radius 2 is 2.23 bits per heavy atom. The number of furan rings is 1. The maximum Gasteiger partial charge on any atom is 0.268 e. The molecule has 1 N–H and O–H groups in total. The fourth-order valence-electron chi connectivity index (χ4n) is 3.07. The fraction of sp³-hybridized carbons (Fsp3) is 0.294. The molecule has 9 heteroatoms. The van der Waals surface area contributed by atoms with E-state index in [9.17, 15) is 9.59 Å². The monoisotopic (exact) mass is 371 g/mol. The van der Waals surface area contributed by atoms with Gasteiger partial charge in [0.25, 0.3) is 11.8 Å². The third-order valence-corrected chi connectivity index (χ3v) is 5.47. The summed E-state index contributed by atoms with van der Waals surface area (Å²) in [6.45, 7) is 0.700. The average Bonchev–Trinajstić information content (AvgIpc) is 3.40. The summed E-state index contributed by atoms with van der Waals surface area (Å²) in [6, 6.07) is 5.34. The summed E-state index contributed by atoms with van der Waals surface area (Å²) in [4.78, 5) is 32.4. The van der Waals surface area contributed by atoms with Crippen molar-refractivity contribution in [3.63, 3.8) is 0 Å². The predicted octanol–water partition coefficient (Wildman–Crippen LogP) is 2.70. The summed E-state index contributed by atoms with van der Waals surface area (Å²) in [7, 11) is 1.73. The zero-order chi connectivity index (χ0) is 18.1. The molecule has 1 aliphatic heterocycles. The van der Waals surface area contributed by atoms with Crippen LogP contribution in [-0.2, 0) is 7.05 Å². The second-order valence-corrected chi connectivity index (χ2v) is 7.18. The topological polar surface area (TPSA) is 93.3 Å². The minimum atomic E-state index is -0.252. The van der Waals surface area contributed by atoms with Crippen molar-refractivity contribution in [1.29, 1.82) is 0 Å². The van der Waals surface area contributed by atoms with Gasteiger partial charge < -0.3 is 9.32 Å². The van der Waals surface area contributed by atoms with Gasteiger partial charge in [0.05, 0.1) is 22.7 Å². The van der Waals surface area contributed by atoms with E-state index < -0.39 is 0 Å². The number of hydrogen-bond donors (Lipinski definition) is 1. The van der Waals surface area contributed by atoms with Crippen LogP contribution in [0, 0.1) is 0 Å². The SMILES string of the molecule is Cn1cnc(NC(=O)c2ccc([C@H]3CCCN3C(=O)c3ccoc3)s2)n1. The number of anilines is 1. The van der Waals surface area contributed by atoms with Crippen LogP contribution in [0.25, 0.3) is 0 Å². The van der Waals surface area contributed by atoms with Gasteiger partial charge in [-0.2, -0.15) is 0 Å². The van der Waals surface area contributed by atoms with Gasteiger partial charge in [0, 0.05) is 18.5 Å². The van der Waals surface area contributed by atoms with Crippen molar-refractivity contribution < 1.29 is 14.0 Å². The molecule has 2 amide bonds. The number of aryl methyl sites for hydroxylation is 1. The summed E-state index contributed by atoms with van der Waals surface area (Å²) in [5, 5.41) is 6.72. The Balaban J connectivity index is 1.49. The molecule has 0 aromatic carbocycles. The molecule has 3 aromatic heterocycles. The van der Waals surface area contributed by atoms with Gasteiger partial charge in [-0.05, 0) is 31.0 Å². The number of carbonyl (C=O) groups is 2. The first-order chi connectivity index (χ1) is 12.6. The summed E-state index contributed by atoms with van der Waals surface area (Å²) >= 11 is 1.39. The second-order valence-electron chi connectivity index (χ2n) is 6.07. The van der Waals surface area contributed by atoms with Gasteiger partial charge in [0.2, 0.25) is 5.95 Å². The van der Waals surface area contributed by atoms with Crippen molar-refractivity contribution in [3.8, 4) is 0 Å². The maximum absolute atomic E-state index is 12.6. The number of likely N-dealkylation sites (tertiary alicyclic amines) is 1. The van der Waals surface area contributed by atoms with Crippen molar-refractivity contribution in [2.24, 2.45) is 7.05 Å². The molecule has 0 unspecified atom stereocenters. The van der Waals surface area contributed by atoms with Crippen LogP contribution in [-0.4, -0.2) is 38.0 Å². The highest BCUT2D eigenvalue weighted by Crippen LogP contribution is 2.37. The van der Waals surface area contributed by atoms with Crippen LogP contribution in [0.15, 0.2) is 41.5 Å². The van der Waals surface area contributed by atoms with E-state index in [2.05, 4.69) is 15.4 Å². The molecule has 1 aliphatic rings. The summed E-state index contributed by atoms with van der Waals surface area (Å²) in [5.74, 6) is -0.0263. The summed E-state index contributed by atoms with van der Waals surface area (Å²) in [5.41, 5.74) is 0.549. The molecule has 1 fully saturated rings. The van der Waals surface area contributed by atoms with Crippen molar-refractivity contribution in [2.75, 3.05) is 11.9 Å². The molecule has 4 heterocycles. The fourth-order valence-corrected chi connectivity index (χ4v) is 4.12. The maximum atomic E-state index is 12.6. The van der Waals surface area contributed by atoms with Crippen molar-refractivity contribution in [1.82, 2.24) is 19.7 Å². The van der Waals surface area contributed by atoms with E-state index in [1.807, 2.05) is 11.0 Å². The number of thiophene rings is 1. The van der Waals surface area contributed by atoms with Gasteiger partial charge in [-0.25, -0.2) is 4.98 Å². The predicted molar refractivity (Wildman–Crippen MR) is 95.0 cm³/mol. The molecule has 8 nitrogen and oxygen atoms in total. The number of amides is 2. The lowest BCUT2D eigenvalue weighted by Crippen LogP contribution is -2.29. The lowest BCUT2D eigenvalue weighted by atomic mass is 10.1. The Labute approximate surface area is 153 Å². The van der Waals surface area contributed by atoms with Gasteiger partial charge in [-0.1, -0.05) is 0 Å². The van der Waals surface area contributed by atoms with Crippen LogP contribution >= 0.6 is 11.3 Å². The van der Waals surface area contributed by atoms with E-state index in [0.29, 0.717) is 17.0 Å². The zero-order valence-corrected chi connectivity index (χ0v) is 14.9. The van der Waals surface area contributed by atoms with Crippen LogP contribution in [0.2, 0.25) is 0 Å². The Morgan fingerprint density at radius 1 is 1.35 bits per heavy atom. The number of nitrogens with zero attached hydrogens (tertiary/aromatic N) is 4. The van der Waals surface area contributed by atoms with Crippen molar-refractivity contribution in [2.45, 2.75) is 18.9 Å². The molecule has 0 spiro atoms. The molecule has 1 saturated heterocycles. The second kappa shape index (κ2) is 6.75. The average molecular weight is 371 g/mol. The Hall–Kier alpha value is -2.94. The first kappa shape index (κ1) is 16.5. The smallest absolute Gasteiger partial charge is 0.268 e. The molecule has 26 heavy (non-hydrogen) atoms. The minimum Gasteiger partial charge on any atom is -0.472 e. The van der Waals surface area contributed by atoms with Crippen molar-refractivity contribution in [3.05, 3.63) is 52.4 Å². The third kappa shape index (κ3) is 3.13. The van der Waals surface area contributed by atoms with Gasteiger partial charge in [0.1, 0.15) is 12.6 Å². The zero-order valence-electron chi connectivity index (χ0n) is 14.1. The van der Waals surface area contributed by atoms with E-state index in [4.69, 9.17) is 4.42 Å². The highest BCUT2D eigenvalue weighted by molar-refractivity contribution is 7.14. The first-order valence-electron chi connectivity index (χ1n) is 8.22. The summed E-state index contributed by atoms with van der Waals surface area (Å²) in [6.07, 6.45) is 6.30. The van der Waals surface area contributed by atoms with Crippen molar-refractivity contribution >= 4 is 29.1 Å². The molecule has 0 saturated carbocycles. The van der Waals surface area contributed by atoms with Crippen LogP contribution in [0.1, 0.15) is 43.8 Å². The lowest BCUT2D eigenvalue weighted by Gasteiger charge is -2.23. The number of hydrogen-bond acceptors (Lipinski definition) is 6. The van der Waals surface area contributed by atoms with Gasteiger partial charge in [-0.3, -0.25) is 19.6 Å². The summed E-state index contributed by atoms with van der Waals surface area (Å²) < 4.78 is 6.54. The molecule has 134 valence electrons. The minimum absolute atomic E-state index is 0.0167. The largest absolute Gasteiger partial charge is 0.472 e.